The molecule has 2 amide bonds. The summed E-state index contributed by atoms with van der Waals surface area (Å²) < 4.78 is 16.3. The molecule has 7 nitrogen and oxygen atoms in total. The zero-order valence-corrected chi connectivity index (χ0v) is 18.3. The topological polar surface area (TPSA) is 72.1 Å². The number of anilines is 1. The number of hydrogen-bond acceptors (Lipinski definition) is 5. The van der Waals surface area contributed by atoms with Gasteiger partial charge in [0.15, 0.2) is 11.5 Å². The average molecular weight is 434 g/mol. The zero-order chi connectivity index (χ0) is 21.5. The molecule has 1 aliphatic rings. The van der Waals surface area contributed by atoms with Crippen LogP contribution in [-0.4, -0.2) is 51.4 Å². The van der Waals surface area contributed by atoms with Crippen molar-refractivity contribution >= 4 is 23.3 Å². The summed E-state index contributed by atoms with van der Waals surface area (Å²) in [4.78, 5) is 14.6. The van der Waals surface area contributed by atoms with E-state index in [0.717, 1.165) is 43.7 Å². The molecule has 1 aliphatic heterocycles. The van der Waals surface area contributed by atoms with E-state index in [1.807, 2.05) is 12.1 Å². The largest absolute Gasteiger partial charge is 0.493 e. The van der Waals surface area contributed by atoms with E-state index in [0.29, 0.717) is 22.3 Å². The quantitative estimate of drug-likeness (QED) is 0.686. The van der Waals surface area contributed by atoms with Crippen molar-refractivity contribution in [3.63, 3.8) is 0 Å². The Bertz CT molecular complexity index is 827. The van der Waals surface area contributed by atoms with Gasteiger partial charge in [-0.15, -0.1) is 0 Å². The fraction of sp³-hybridized carbons (Fsp3) is 0.409. The van der Waals surface area contributed by atoms with Crippen LogP contribution in [0.15, 0.2) is 36.4 Å². The summed E-state index contributed by atoms with van der Waals surface area (Å²) in [7, 11) is 4.83. The number of ether oxygens (including phenoxy) is 3. The van der Waals surface area contributed by atoms with Crippen LogP contribution in [0.25, 0.3) is 0 Å². The van der Waals surface area contributed by atoms with Crippen LogP contribution in [0.2, 0.25) is 5.02 Å². The van der Waals surface area contributed by atoms with Gasteiger partial charge >= 0.3 is 6.03 Å². The Balaban J connectivity index is 1.51. The third kappa shape index (κ3) is 5.70. The van der Waals surface area contributed by atoms with E-state index in [4.69, 9.17) is 25.8 Å². The van der Waals surface area contributed by atoms with E-state index < -0.39 is 0 Å². The van der Waals surface area contributed by atoms with E-state index in [9.17, 15) is 4.79 Å². The SMILES string of the molecule is COc1cc(CN2CCC(NC(=O)Nc3ccc(Cl)cc3)CC2)cc(OC)c1OC. The lowest BCUT2D eigenvalue weighted by Crippen LogP contribution is -2.45. The molecule has 1 saturated heterocycles. The number of rotatable bonds is 7. The Morgan fingerprint density at radius 1 is 1.03 bits per heavy atom. The minimum absolute atomic E-state index is 0.147. The van der Waals surface area contributed by atoms with Crippen LogP contribution in [0.5, 0.6) is 17.2 Å². The van der Waals surface area contributed by atoms with Gasteiger partial charge in [0.1, 0.15) is 0 Å². The number of nitrogens with zero attached hydrogens (tertiary/aromatic N) is 1. The molecule has 0 spiro atoms. The number of amides is 2. The molecule has 8 heteroatoms. The Kier molecular flexibility index (Phi) is 7.65. The molecule has 1 fully saturated rings. The van der Waals surface area contributed by atoms with Crippen LogP contribution in [0.3, 0.4) is 0 Å². The van der Waals surface area contributed by atoms with Crippen molar-refractivity contribution < 1.29 is 19.0 Å². The van der Waals surface area contributed by atoms with Crippen molar-refractivity contribution in [1.82, 2.24) is 10.2 Å². The number of nitrogens with one attached hydrogen (secondary N) is 2. The van der Waals surface area contributed by atoms with E-state index in [-0.39, 0.29) is 12.1 Å². The maximum absolute atomic E-state index is 12.2. The van der Waals surface area contributed by atoms with E-state index in [1.165, 1.54) is 0 Å². The number of benzene rings is 2. The minimum atomic E-state index is -0.194. The van der Waals surface area contributed by atoms with Gasteiger partial charge in [-0.05, 0) is 54.8 Å². The van der Waals surface area contributed by atoms with Gasteiger partial charge in [0.05, 0.1) is 21.3 Å². The fourth-order valence-corrected chi connectivity index (χ4v) is 3.73. The maximum Gasteiger partial charge on any atom is 0.319 e. The lowest BCUT2D eigenvalue weighted by molar-refractivity contribution is 0.189. The molecule has 2 N–H and O–H groups in total. The molecule has 0 bridgehead atoms. The monoisotopic (exact) mass is 433 g/mol. The van der Waals surface area contributed by atoms with Gasteiger partial charge in [-0.3, -0.25) is 4.90 Å². The van der Waals surface area contributed by atoms with Gasteiger partial charge in [-0.2, -0.15) is 0 Å². The molecule has 30 heavy (non-hydrogen) atoms. The second-order valence-electron chi connectivity index (χ2n) is 7.19. The molecule has 0 saturated carbocycles. The molecular formula is C22H28ClN3O4. The second kappa shape index (κ2) is 10.4. The molecular weight excluding hydrogens is 406 g/mol. The summed E-state index contributed by atoms with van der Waals surface area (Å²) in [5, 5.41) is 6.53. The maximum atomic E-state index is 12.2. The predicted octanol–water partition coefficient (Wildman–Crippen LogP) is 4.15. The van der Waals surface area contributed by atoms with Gasteiger partial charge in [-0.1, -0.05) is 11.6 Å². The van der Waals surface area contributed by atoms with Crippen molar-refractivity contribution in [2.75, 3.05) is 39.7 Å². The van der Waals surface area contributed by atoms with Gasteiger partial charge in [0, 0.05) is 36.4 Å². The Hall–Kier alpha value is -2.64. The number of halogens is 1. The molecule has 0 radical (unpaired) electrons. The highest BCUT2D eigenvalue weighted by Crippen LogP contribution is 2.38. The summed E-state index contributed by atoms with van der Waals surface area (Å²) >= 11 is 5.87. The van der Waals surface area contributed by atoms with Crippen molar-refractivity contribution in [3.8, 4) is 17.2 Å². The van der Waals surface area contributed by atoms with Gasteiger partial charge < -0.3 is 24.8 Å². The van der Waals surface area contributed by atoms with Crippen LogP contribution in [0, 0.1) is 0 Å². The molecule has 0 aliphatic carbocycles. The van der Waals surface area contributed by atoms with Crippen molar-refractivity contribution in [2.24, 2.45) is 0 Å². The second-order valence-corrected chi connectivity index (χ2v) is 7.63. The summed E-state index contributed by atoms with van der Waals surface area (Å²) in [6.07, 6.45) is 1.77. The molecule has 1 heterocycles. The number of likely N-dealkylation sites (tertiary alicyclic amines) is 1. The van der Waals surface area contributed by atoms with Crippen LogP contribution in [0.4, 0.5) is 10.5 Å². The first-order valence-electron chi connectivity index (χ1n) is 9.86. The van der Waals surface area contributed by atoms with Gasteiger partial charge in [0.25, 0.3) is 0 Å². The predicted molar refractivity (Wildman–Crippen MR) is 118 cm³/mol. The molecule has 2 aromatic carbocycles. The highest BCUT2D eigenvalue weighted by atomic mass is 35.5. The number of hydrogen-bond donors (Lipinski definition) is 2. The summed E-state index contributed by atoms with van der Waals surface area (Å²) in [6, 6.07) is 11.0. The van der Waals surface area contributed by atoms with Crippen LogP contribution in [0.1, 0.15) is 18.4 Å². The first-order valence-corrected chi connectivity index (χ1v) is 10.2. The number of methoxy groups -OCH3 is 3. The molecule has 0 aromatic heterocycles. The number of carbonyl (C=O) groups is 1. The summed E-state index contributed by atoms with van der Waals surface area (Å²) in [5.41, 5.74) is 1.81. The molecule has 3 rings (SSSR count). The zero-order valence-electron chi connectivity index (χ0n) is 17.5. The van der Waals surface area contributed by atoms with Crippen LogP contribution in [-0.2, 0) is 6.54 Å². The normalized spacial score (nSPS) is 14.8. The Morgan fingerprint density at radius 2 is 1.63 bits per heavy atom. The van der Waals surface area contributed by atoms with E-state index in [1.54, 1.807) is 45.6 Å². The smallest absolute Gasteiger partial charge is 0.319 e. The van der Waals surface area contributed by atoms with Crippen LogP contribution >= 0.6 is 11.6 Å². The lowest BCUT2D eigenvalue weighted by Gasteiger charge is -2.32. The highest BCUT2D eigenvalue weighted by molar-refractivity contribution is 6.30. The minimum Gasteiger partial charge on any atom is -0.493 e. The third-order valence-corrected chi connectivity index (χ3v) is 5.41. The molecule has 2 aromatic rings. The third-order valence-electron chi connectivity index (χ3n) is 5.16. The van der Waals surface area contributed by atoms with E-state index >= 15 is 0 Å². The van der Waals surface area contributed by atoms with E-state index in [2.05, 4.69) is 15.5 Å². The van der Waals surface area contributed by atoms with Crippen molar-refractivity contribution in [2.45, 2.75) is 25.4 Å². The van der Waals surface area contributed by atoms with Crippen molar-refractivity contribution in [1.29, 1.82) is 0 Å². The number of urea groups is 1. The average Bonchev–Trinajstić information content (AvgIpc) is 2.76. The first kappa shape index (κ1) is 22.1. The first-order chi connectivity index (χ1) is 14.5. The van der Waals surface area contributed by atoms with Crippen LogP contribution < -0.4 is 24.8 Å². The summed E-state index contributed by atoms with van der Waals surface area (Å²) in [5.74, 6) is 1.91. The van der Waals surface area contributed by atoms with Gasteiger partial charge in [-0.25, -0.2) is 4.79 Å². The summed E-state index contributed by atoms with van der Waals surface area (Å²) in [6.45, 7) is 2.56. The fourth-order valence-electron chi connectivity index (χ4n) is 3.61. The van der Waals surface area contributed by atoms with Crippen molar-refractivity contribution in [3.05, 3.63) is 47.0 Å². The number of piperidine rings is 1. The number of carbonyl (C=O) groups excluding carboxylic acids is 1. The highest BCUT2D eigenvalue weighted by Gasteiger charge is 2.22. The Morgan fingerprint density at radius 3 is 2.17 bits per heavy atom. The van der Waals surface area contributed by atoms with Gasteiger partial charge in [0.2, 0.25) is 5.75 Å². The molecule has 0 unspecified atom stereocenters. The lowest BCUT2D eigenvalue weighted by atomic mass is 10.0. The molecule has 0 atom stereocenters. The standard InChI is InChI=1S/C22H28ClN3O4/c1-28-19-12-15(13-20(29-2)21(19)30-3)14-26-10-8-18(9-11-26)25-22(27)24-17-6-4-16(23)5-7-17/h4-7,12-13,18H,8-11,14H2,1-3H3,(H2,24,25,27). The molecule has 162 valence electrons. The Labute approximate surface area is 182 Å².